The van der Waals surface area contributed by atoms with Gasteiger partial charge in [-0.2, -0.15) is 5.10 Å². The molecule has 0 saturated heterocycles. The highest BCUT2D eigenvalue weighted by Gasteiger charge is 2.06. The van der Waals surface area contributed by atoms with Crippen LogP contribution in [0.4, 0.5) is 0 Å². The Morgan fingerprint density at radius 1 is 1.00 bits per heavy atom. The molecule has 0 heterocycles. The molecule has 0 aliphatic carbocycles. The van der Waals surface area contributed by atoms with Crippen molar-refractivity contribution in [1.82, 2.24) is 10.7 Å². The first-order valence-electron chi connectivity index (χ1n) is 8.53. The Bertz CT molecular complexity index is 745. The van der Waals surface area contributed by atoms with Gasteiger partial charge in [0.25, 0.3) is 0 Å². The van der Waals surface area contributed by atoms with Crippen LogP contribution >= 0.6 is 0 Å². The number of nitrogens with one attached hydrogen (secondary N) is 2. The van der Waals surface area contributed by atoms with Gasteiger partial charge in [-0.3, -0.25) is 9.59 Å². The zero-order chi connectivity index (χ0) is 18.6. The Labute approximate surface area is 153 Å². The SMILES string of the molecule is CCOc1ccccc1C=NNC(=O)CCC(=O)NCc1ccccc1. The average Bonchev–Trinajstić information content (AvgIpc) is 2.67. The summed E-state index contributed by atoms with van der Waals surface area (Å²) in [4.78, 5) is 23.6. The number of nitrogens with zero attached hydrogens (tertiary/aromatic N) is 1. The second kappa shape index (κ2) is 10.7. The van der Waals surface area contributed by atoms with Crippen LogP contribution in [0.25, 0.3) is 0 Å². The van der Waals surface area contributed by atoms with Gasteiger partial charge in [0.2, 0.25) is 11.8 Å². The summed E-state index contributed by atoms with van der Waals surface area (Å²) in [5.41, 5.74) is 4.21. The normalized spacial score (nSPS) is 10.5. The Morgan fingerprint density at radius 2 is 1.69 bits per heavy atom. The Morgan fingerprint density at radius 3 is 2.46 bits per heavy atom. The predicted molar refractivity (Wildman–Crippen MR) is 101 cm³/mol. The molecule has 0 fully saturated rings. The van der Waals surface area contributed by atoms with Crippen molar-refractivity contribution in [1.29, 1.82) is 0 Å². The topological polar surface area (TPSA) is 79.8 Å². The minimum Gasteiger partial charge on any atom is -0.493 e. The molecule has 0 aliphatic rings. The molecule has 0 spiro atoms. The third-order valence-electron chi connectivity index (χ3n) is 3.52. The van der Waals surface area contributed by atoms with Gasteiger partial charge in [0.1, 0.15) is 5.75 Å². The van der Waals surface area contributed by atoms with Crippen LogP contribution in [0.5, 0.6) is 5.75 Å². The third kappa shape index (κ3) is 6.76. The second-order valence-corrected chi connectivity index (χ2v) is 5.53. The first kappa shape index (κ1) is 19.2. The number of rotatable bonds is 9. The monoisotopic (exact) mass is 353 g/mol. The fourth-order valence-electron chi connectivity index (χ4n) is 2.22. The summed E-state index contributed by atoms with van der Waals surface area (Å²) in [5.74, 6) is 0.216. The van der Waals surface area contributed by atoms with Crippen molar-refractivity contribution in [3.63, 3.8) is 0 Å². The summed E-state index contributed by atoms with van der Waals surface area (Å²) in [6.45, 7) is 2.90. The molecule has 6 nitrogen and oxygen atoms in total. The molecule has 0 aliphatic heterocycles. The number of hydrogen-bond acceptors (Lipinski definition) is 4. The fraction of sp³-hybridized carbons (Fsp3) is 0.250. The van der Waals surface area contributed by atoms with Gasteiger partial charge in [-0.1, -0.05) is 42.5 Å². The maximum atomic E-state index is 11.8. The minimum absolute atomic E-state index is 0.0745. The Kier molecular flexibility index (Phi) is 7.86. The van der Waals surface area contributed by atoms with Crippen LogP contribution < -0.4 is 15.5 Å². The zero-order valence-corrected chi connectivity index (χ0v) is 14.8. The summed E-state index contributed by atoms with van der Waals surface area (Å²) in [5, 5.41) is 6.70. The number of carbonyl (C=O) groups excluding carboxylic acids is 2. The molecule has 0 atom stereocenters. The molecule has 136 valence electrons. The van der Waals surface area contributed by atoms with Crippen molar-refractivity contribution >= 4 is 18.0 Å². The van der Waals surface area contributed by atoms with Crippen LogP contribution in [0.2, 0.25) is 0 Å². The molecule has 2 rings (SSSR count). The first-order valence-corrected chi connectivity index (χ1v) is 8.53. The highest BCUT2D eigenvalue weighted by atomic mass is 16.5. The lowest BCUT2D eigenvalue weighted by Crippen LogP contribution is -2.25. The van der Waals surface area contributed by atoms with E-state index in [2.05, 4.69) is 15.8 Å². The number of hydrazone groups is 1. The number of amides is 2. The quantitative estimate of drug-likeness (QED) is 0.537. The highest BCUT2D eigenvalue weighted by Crippen LogP contribution is 2.15. The van der Waals surface area contributed by atoms with Gasteiger partial charge in [-0.25, -0.2) is 5.43 Å². The maximum Gasteiger partial charge on any atom is 0.240 e. The van der Waals surface area contributed by atoms with Gasteiger partial charge in [0.15, 0.2) is 0 Å². The average molecular weight is 353 g/mol. The molecular weight excluding hydrogens is 330 g/mol. The minimum atomic E-state index is -0.315. The number of carbonyl (C=O) groups is 2. The van der Waals surface area contributed by atoms with Crippen molar-refractivity contribution in [3.05, 3.63) is 65.7 Å². The number of para-hydroxylation sites is 1. The van der Waals surface area contributed by atoms with E-state index in [9.17, 15) is 9.59 Å². The van der Waals surface area contributed by atoms with E-state index in [0.717, 1.165) is 11.1 Å². The van der Waals surface area contributed by atoms with Gasteiger partial charge in [-0.05, 0) is 24.6 Å². The number of benzene rings is 2. The molecule has 0 aromatic heterocycles. The molecule has 0 bridgehead atoms. The zero-order valence-electron chi connectivity index (χ0n) is 14.8. The van der Waals surface area contributed by atoms with Crippen molar-refractivity contribution in [2.45, 2.75) is 26.3 Å². The molecule has 2 amide bonds. The maximum absolute atomic E-state index is 11.8. The number of ether oxygens (including phenoxy) is 1. The van der Waals surface area contributed by atoms with Crippen LogP contribution in [0.15, 0.2) is 59.7 Å². The lowest BCUT2D eigenvalue weighted by atomic mass is 10.2. The van der Waals surface area contributed by atoms with E-state index < -0.39 is 0 Å². The van der Waals surface area contributed by atoms with E-state index >= 15 is 0 Å². The lowest BCUT2D eigenvalue weighted by Gasteiger charge is -2.06. The first-order chi connectivity index (χ1) is 12.7. The largest absolute Gasteiger partial charge is 0.493 e. The Hall–Kier alpha value is -3.15. The van der Waals surface area contributed by atoms with Gasteiger partial charge < -0.3 is 10.1 Å². The number of hydrogen-bond donors (Lipinski definition) is 2. The van der Waals surface area contributed by atoms with E-state index in [1.165, 1.54) is 6.21 Å². The highest BCUT2D eigenvalue weighted by molar-refractivity contribution is 5.86. The molecular formula is C20H23N3O3. The van der Waals surface area contributed by atoms with Gasteiger partial charge >= 0.3 is 0 Å². The molecule has 0 radical (unpaired) electrons. The standard InChI is InChI=1S/C20H23N3O3/c1-2-26-18-11-7-6-10-17(18)15-22-23-20(25)13-12-19(24)21-14-16-8-4-3-5-9-16/h3-11,15H,2,12-14H2,1H3,(H,21,24)(H,23,25). The van der Waals surface area contributed by atoms with Crippen LogP contribution in [0, 0.1) is 0 Å². The lowest BCUT2D eigenvalue weighted by molar-refractivity contribution is -0.126. The van der Waals surface area contributed by atoms with Gasteiger partial charge in [0.05, 0.1) is 12.8 Å². The van der Waals surface area contributed by atoms with Crippen molar-refractivity contribution in [3.8, 4) is 5.75 Å². The van der Waals surface area contributed by atoms with Crippen molar-refractivity contribution < 1.29 is 14.3 Å². The van der Waals surface area contributed by atoms with Crippen LogP contribution in [0.3, 0.4) is 0 Å². The van der Waals surface area contributed by atoms with E-state index in [1.807, 2.05) is 61.5 Å². The van der Waals surface area contributed by atoms with E-state index in [1.54, 1.807) is 0 Å². The third-order valence-corrected chi connectivity index (χ3v) is 3.52. The van der Waals surface area contributed by atoms with Gasteiger partial charge in [0, 0.05) is 24.9 Å². The summed E-state index contributed by atoms with van der Waals surface area (Å²) in [7, 11) is 0. The van der Waals surface area contributed by atoms with E-state index in [4.69, 9.17) is 4.74 Å². The van der Waals surface area contributed by atoms with E-state index in [0.29, 0.717) is 18.9 Å². The van der Waals surface area contributed by atoms with E-state index in [-0.39, 0.29) is 24.7 Å². The van der Waals surface area contributed by atoms with Crippen LogP contribution in [-0.4, -0.2) is 24.6 Å². The molecule has 26 heavy (non-hydrogen) atoms. The van der Waals surface area contributed by atoms with Crippen molar-refractivity contribution in [2.24, 2.45) is 5.10 Å². The van der Waals surface area contributed by atoms with Crippen LogP contribution in [0.1, 0.15) is 30.9 Å². The van der Waals surface area contributed by atoms with Crippen LogP contribution in [-0.2, 0) is 16.1 Å². The Balaban J connectivity index is 1.71. The molecule has 6 heteroatoms. The summed E-state index contributed by atoms with van der Waals surface area (Å²) in [6, 6.07) is 17.0. The fourth-order valence-corrected chi connectivity index (χ4v) is 2.22. The summed E-state index contributed by atoms with van der Waals surface area (Å²) < 4.78 is 5.48. The predicted octanol–water partition coefficient (Wildman–Crippen LogP) is 2.63. The second-order valence-electron chi connectivity index (χ2n) is 5.53. The van der Waals surface area contributed by atoms with Crippen molar-refractivity contribution in [2.75, 3.05) is 6.61 Å². The summed E-state index contributed by atoms with van der Waals surface area (Å²) in [6.07, 6.45) is 1.72. The molecule has 0 saturated carbocycles. The molecule has 2 aromatic carbocycles. The summed E-state index contributed by atoms with van der Waals surface area (Å²) >= 11 is 0. The molecule has 0 unspecified atom stereocenters. The van der Waals surface area contributed by atoms with Gasteiger partial charge in [-0.15, -0.1) is 0 Å². The molecule has 2 N–H and O–H groups in total. The molecule has 2 aromatic rings. The smallest absolute Gasteiger partial charge is 0.240 e.